The third-order valence-corrected chi connectivity index (χ3v) is 3.29. The molecular weight excluding hydrogens is 254 g/mol. The standard InChI is InChI=1S/C16H19NO3/c1-12-8-9-15(20-12)13(2)17(11-10-16(18)19)14-6-4-3-5-7-14/h3-9,13H,10-11H2,1-2H3,(H,18,19). The van der Waals surface area contributed by atoms with Crippen LogP contribution in [-0.4, -0.2) is 17.6 Å². The fourth-order valence-electron chi connectivity index (χ4n) is 2.21. The quantitative estimate of drug-likeness (QED) is 0.873. The average molecular weight is 273 g/mol. The molecule has 1 unspecified atom stereocenters. The van der Waals surface area contributed by atoms with Crippen molar-refractivity contribution in [2.45, 2.75) is 26.3 Å². The van der Waals surface area contributed by atoms with E-state index in [9.17, 15) is 4.79 Å². The maximum Gasteiger partial charge on any atom is 0.305 e. The molecule has 0 bridgehead atoms. The summed E-state index contributed by atoms with van der Waals surface area (Å²) in [5.74, 6) is 0.906. The van der Waals surface area contributed by atoms with Gasteiger partial charge < -0.3 is 14.4 Å². The molecule has 2 rings (SSSR count). The lowest BCUT2D eigenvalue weighted by Crippen LogP contribution is -2.29. The van der Waals surface area contributed by atoms with Crippen molar-refractivity contribution in [2.24, 2.45) is 0 Å². The molecule has 0 saturated heterocycles. The molecule has 0 spiro atoms. The Morgan fingerprint density at radius 3 is 2.50 bits per heavy atom. The van der Waals surface area contributed by atoms with Gasteiger partial charge in [-0.2, -0.15) is 0 Å². The molecule has 0 amide bonds. The van der Waals surface area contributed by atoms with Gasteiger partial charge in [-0.1, -0.05) is 18.2 Å². The lowest BCUT2D eigenvalue weighted by atomic mass is 10.1. The number of rotatable bonds is 6. The zero-order chi connectivity index (χ0) is 14.5. The Kier molecular flexibility index (Phi) is 4.45. The van der Waals surface area contributed by atoms with Crippen molar-refractivity contribution < 1.29 is 14.3 Å². The van der Waals surface area contributed by atoms with E-state index in [-0.39, 0.29) is 12.5 Å². The molecule has 0 saturated carbocycles. The summed E-state index contributed by atoms with van der Waals surface area (Å²) in [5.41, 5.74) is 0.996. The van der Waals surface area contributed by atoms with Crippen molar-refractivity contribution in [3.05, 3.63) is 54.0 Å². The van der Waals surface area contributed by atoms with Gasteiger partial charge in [0.1, 0.15) is 11.5 Å². The summed E-state index contributed by atoms with van der Waals surface area (Å²) in [6.07, 6.45) is 0.0962. The third kappa shape index (κ3) is 3.41. The molecule has 0 aliphatic heterocycles. The van der Waals surface area contributed by atoms with Gasteiger partial charge in [0.25, 0.3) is 0 Å². The summed E-state index contributed by atoms with van der Waals surface area (Å²) in [7, 11) is 0. The van der Waals surface area contributed by atoms with Gasteiger partial charge in [-0.3, -0.25) is 4.79 Å². The smallest absolute Gasteiger partial charge is 0.305 e. The van der Waals surface area contributed by atoms with Crippen LogP contribution < -0.4 is 4.90 Å². The van der Waals surface area contributed by atoms with Crippen LogP contribution >= 0.6 is 0 Å². The van der Waals surface area contributed by atoms with Crippen molar-refractivity contribution in [1.29, 1.82) is 0 Å². The molecule has 1 aromatic heterocycles. The lowest BCUT2D eigenvalue weighted by molar-refractivity contribution is -0.136. The molecule has 0 radical (unpaired) electrons. The number of carboxylic acids is 1. The number of anilines is 1. The fourth-order valence-corrected chi connectivity index (χ4v) is 2.21. The minimum atomic E-state index is -0.797. The molecule has 4 nitrogen and oxygen atoms in total. The first-order valence-electron chi connectivity index (χ1n) is 6.67. The number of hydrogen-bond acceptors (Lipinski definition) is 3. The molecule has 1 atom stereocenters. The van der Waals surface area contributed by atoms with Crippen LogP contribution in [0.5, 0.6) is 0 Å². The van der Waals surface area contributed by atoms with Gasteiger partial charge in [0.2, 0.25) is 0 Å². The summed E-state index contributed by atoms with van der Waals surface area (Å²) in [6.45, 7) is 4.37. The second kappa shape index (κ2) is 6.28. The van der Waals surface area contributed by atoms with Crippen LogP contribution in [0.15, 0.2) is 46.9 Å². The normalized spacial score (nSPS) is 12.1. The number of carboxylic acid groups (broad SMARTS) is 1. The van der Waals surface area contributed by atoms with E-state index in [0.717, 1.165) is 17.2 Å². The zero-order valence-electron chi connectivity index (χ0n) is 11.7. The Hall–Kier alpha value is -2.23. The Balaban J connectivity index is 2.23. The Labute approximate surface area is 118 Å². The summed E-state index contributed by atoms with van der Waals surface area (Å²) in [5, 5.41) is 8.92. The van der Waals surface area contributed by atoms with E-state index in [4.69, 9.17) is 9.52 Å². The molecular formula is C16H19NO3. The van der Waals surface area contributed by atoms with Gasteiger partial charge in [0.15, 0.2) is 0 Å². The van der Waals surface area contributed by atoms with Crippen LogP contribution in [0, 0.1) is 6.92 Å². The van der Waals surface area contributed by atoms with E-state index in [1.807, 2.05) is 61.2 Å². The average Bonchev–Trinajstić information content (AvgIpc) is 2.86. The van der Waals surface area contributed by atoms with E-state index < -0.39 is 5.97 Å². The first-order valence-corrected chi connectivity index (χ1v) is 6.67. The number of nitrogens with zero attached hydrogens (tertiary/aromatic N) is 1. The van der Waals surface area contributed by atoms with E-state index in [1.54, 1.807) is 0 Å². The Morgan fingerprint density at radius 1 is 1.25 bits per heavy atom. The number of hydrogen-bond donors (Lipinski definition) is 1. The van der Waals surface area contributed by atoms with Gasteiger partial charge in [0, 0.05) is 12.2 Å². The number of aliphatic carboxylic acids is 1. The molecule has 1 heterocycles. The van der Waals surface area contributed by atoms with E-state index in [1.165, 1.54) is 0 Å². The van der Waals surface area contributed by atoms with Crippen LogP contribution in [-0.2, 0) is 4.79 Å². The highest BCUT2D eigenvalue weighted by Gasteiger charge is 2.19. The van der Waals surface area contributed by atoms with E-state index in [0.29, 0.717) is 6.54 Å². The number of carbonyl (C=O) groups is 1. The molecule has 0 fully saturated rings. The van der Waals surface area contributed by atoms with Crippen molar-refractivity contribution in [2.75, 3.05) is 11.4 Å². The number of para-hydroxylation sites is 1. The first kappa shape index (κ1) is 14.2. The monoisotopic (exact) mass is 273 g/mol. The maximum atomic E-state index is 10.8. The van der Waals surface area contributed by atoms with Crippen molar-refractivity contribution in [3.63, 3.8) is 0 Å². The van der Waals surface area contributed by atoms with E-state index in [2.05, 4.69) is 0 Å². The van der Waals surface area contributed by atoms with Gasteiger partial charge in [0.05, 0.1) is 12.5 Å². The van der Waals surface area contributed by atoms with Crippen molar-refractivity contribution >= 4 is 11.7 Å². The maximum absolute atomic E-state index is 10.8. The molecule has 106 valence electrons. The van der Waals surface area contributed by atoms with Crippen LogP contribution in [0.3, 0.4) is 0 Å². The highest BCUT2D eigenvalue weighted by molar-refractivity contribution is 5.67. The zero-order valence-corrected chi connectivity index (χ0v) is 11.7. The first-order chi connectivity index (χ1) is 9.58. The second-order valence-electron chi connectivity index (χ2n) is 4.80. The largest absolute Gasteiger partial charge is 0.481 e. The minimum absolute atomic E-state index is 0.00884. The van der Waals surface area contributed by atoms with Gasteiger partial charge in [-0.15, -0.1) is 0 Å². The molecule has 0 aliphatic carbocycles. The number of aryl methyl sites for hydroxylation is 1. The van der Waals surface area contributed by atoms with Gasteiger partial charge in [-0.05, 0) is 38.1 Å². The Bertz CT molecular complexity index is 562. The summed E-state index contributed by atoms with van der Waals surface area (Å²) < 4.78 is 5.67. The van der Waals surface area contributed by atoms with Gasteiger partial charge >= 0.3 is 5.97 Å². The van der Waals surface area contributed by atoms with Crippen LogP contribution in [0.2, 0.25) is 0 Å². The predicted molar refractivity (Wildman–Crippen MR) is 77.9 cm³/mol. The van der Waals surface area contributed by atoms with Crippen molar-refractivity contribution in [3.8, 4) is 0 Å². The summed E-state index contributed by atoms with van der Waals surface area (Å²) in [4.78, 5) is 12.9. The van der Waals surface area contributed by atoms with Crippen LogP contribution in [0.1, 0.15) is 30.9 Å². The Morgan fingerprint density at radius 2 is 1.95 bits per heavy atom. The molecule has 2 aromatic rings. The lowest BCUT2D eigenvalue weighted by Gasteiger charge is -2.29. The molecule has 20 heavy (non-hydrogen) atoms. The van der Waals surface area contributed by atoms with Crippen LogP contribution in [0.25, 0.3) is 0 Å². The summed E-state index contributed by atoms with van der Waals surface area (Å²) >= 11 is 0. The molecule has 1 N–H and O–H groups in total. The summed E-state index contributed by atoms with van der Waals surface area (Å²) in [6, 6.07) is 13.7. The molecule has 0 aliphatic rings. The van der Waals surface area contributed by atoms with Crippen molar-refractivity contribution in [1.82, 2.24) is 0 Å². The van der Waals surface area contributed by atoms with E-state index >= 15 is 0 Å². The molecule has 1 aromatic carbocycles. The number of benzene rings is 1. The SMILES string of the molecule is Cc1ccc(C(C)N(CCC(=O)O)c2ccccc2)o1. The molecule has 4 heteroatoms. The van der Waals surface area contributed by atoms with Crippen LogP contribution in [0.4, 0.5) is 5.69 Å². The highest BCUT2D eigenvalue weighted by atomic mass is 16.4. The topological polar surface area (TPSA) is 53.7 Å². The highest BCUT2D eigenvalue weighted by Crippen LogP contribution is 2.28. The second-order valence-corrected chi connectivity index (χ2v) is 4.80. The third-order valence-electron chi connectivity index (χ3n) is 3.29. The predicted octanol–water partition coefficient (Wildman–Crippen LogP) is 3.63. The minimum Gasteiger partial charge on any atom is -0.481 e. The van der Waals surface area contributed by atoms with Gasteiger partial charge in [-0.25, -0.2) is 0 Å². The fraction of sp³-hybridized carbons (Fsp3) is 0.312. The number of furan rings is 1.